The summed E-state index contributed by atoms with van der Waals surface area (Å²) in [6.45, 7) is 0. The first-order valence-electron chi connectivity index (χ1n) is 21.1. The van der Waals surface area contributed by atoms with E-state index in [1.165, 1.54) is 43.6 Å². The highest BCUT2D eigenvalue weighted by Gasteiger charge is 2.15. The van der Waals surface area contributed by atoms with Gasteiger partial charge in [-0.25, -0.2) is 9.97 Å². The second kappa shape index (κ2) is 14.7. The summed E-state index contributed by atoms with van der Waals surface area (Å²) in [6.07, 6.45) is 0. The van der Waals surface area contributed by atoms with Crippen LogP contribution in [0.15, 0.2) is 231 Å². The third-order valence-electron chi connectivity index (χ3n) is 12.1. The molecule has 0 aliphatic rings. The zero-order valence-electron chi connectivity index (χ0n) is 33.7. The number of nitrogens with zero attached hydrogens (tertiary/aromatic N) is 4. The first-order chi connectivity index (χ1) is 30.7. The van der Waals surface area contributed by atoms with Gasteiger partial charge in [-0.2, -0.15) is 0 Å². The van der Waals surface area contributed by atoms with Crippen molar-refractivity contribution in [2.24, 2.45) is 0 Å². The number of para-hydroxylation sites is 4. The molecule has 0 saturated carbocycles. The highest BCUT2D eigenvalue weighted by molar-refractivity contribution is 6.10. The fourth-order valence-corrected chi connectivity index (χ4v) is 9.24. The lowest BCUT2D eigenvalue weighted by molar-refractivity contribution is 1.18. The first kappa shape index (κ1) is 35.6. The minimum atomic E-state index is 0.832. The van der Waals surface area contributed by atoms with E-state index >= 15 is 0 Å². The fourth-order valence-electron chi connectivity index (χ4n) is 9.24. The predicted octanol–water partition coefficient (Wildman–Crippen LogP) is 15.0. The summed E-state index contributed by atoms with van der Waals surface area (Å²) < 4.78 is 4.73. The zero-order valence-corrected chi connectivity index (χ0v) is 33.7. The Morgan fingerprint density at radius 1 is 0.226 bits per heavy atom. The number of fused-ring (bicyclic) bond motifs is 6. The van der Waals surface area contributed by atoms with Crippen molar-refractivity contribution < 1.29 is 0 Å². The molecule has 0 bridgehead atoms. The van der Waals surface area contributed by atoms with E-state index in [0.717, 1.165) is 67.5 Å². The van der Waals surface area contributed by atoms with E-state index in [0.29, 0.717) is 0 Å². The Balaban J connectivity index is 0.850. The van der Waals surface area contributed by atoms with Crippen molar-refractivity contribution in [3.8, 4) is 67.5 Å². The van der Waals surface area contributed by atoms with E-state index in [1.807, 2.05) is 12.1 Å². The molecule has 0 atom stereocenters. The SMILES string of the molecule is c1cc(-c2cccc(-n3c4ccccc4c4ccccc43)c2)cc(-c2cccc(-c3cccc(-c4cccc(-c5cccc(-n6c7ccccc7c7ccccc76)c5)c4)n3)n2)c1. The molecule has 0 aliphatic carbocycles. The van der Waals surface area contributed by atoms with Crippen molar-refractivity contribution in [1.29, 1.82) is 0 Å². The van der Waals surface area contributed by atoms with Crippen molar-refractivity contribution in [2.75, 3.05) is 0 Å². The molecule has 4 heteroatoms. The van der Waals surface area contributed by atoms with Gasteiger partial charge in [0.1, 0.15) is 0 Å². The van der Waals surface area contributed by atoms with E-state index in [1.54, 1.807) is 0 Å². The van der Waals surface area contributed by atoms with Crippen LogP contribution in [0.3, 0.4) is 0 Å². The van der Waals surface area contributed by atoms with Crippen LogP contribution in [0.5, 0.6) is 0 Å². The summed E-state index contributed by atoms with van der Waals surface area (Å²) in [5.74, 6) is 0. The maximum atomic E-state index is 5.18. The molecule has 4 heterocycles. The standard InChI is InChI=1S/C58H38N4/c1-5-31-55-47(23-1)48-24-2-6-32-56(48)61(55)45-21-11-17-41(37-45)39-15-9-19-43(35-39)51-27-13-29-53(59-51)54-30-14-28-52(60-54)44-20-10-16-40(36-44)42-18-12-22-46(38-42)62-57-33-7-3-25-49(57)50-26-4-8-34-58(50)62/h1-38H. The van der Waals surface area contributed by atoms with Gasteiger partial charge in [0.15, 0.2) is 0 Å². The van der Waals surface area contributed by atoms with Gasteiger partial charge in [-0.1, -0.05) is 146 Å². The van der Waals surface area contributed by atoms with E-state index in [-0.39, 0.29) is 0 Å². The molecular weight excluding hydrogens is 753 g/mol. The molecule has 0 spiro atoms. The van der Waals surface area contributed by atoms with Crippen molar-refractivity contribution in [2.45, 2.75) is 0 Å². The van der Waals surface area contributed by atoms with Crippen LogP contribution in [0.4, 0.5) is 0 Å². The average Bonchev–Trinajstić information content (AvgIpc) is 3.87. The van der Waals surface area contributed by atoms with Gasteiger partial charge in [-0.15, -0.1) is 0 Å². The molecular formula is C58H38N4. The topological polar surface area (TPSA) is 35.6 Å². The highest BCUT2D eigenvalue weighted by atomic mass is 15.0. The largest absolute Gasteiger partial charge is 0.309 e. The number of aromatic nitrogens is 4. The molecule has 4 nitrogen and oxygen atoms in total. The first-order valence-corrected chi connectivity index (χ1v) is 21.1. The van der Waals surface area contributed by atoms with E-state index < -0.39 is 0 Å². The summed E-state index contributed by atoms with van der Waals surface area (Å²) in [4.78, 5) is 10.4. The van der Waals surface area contributed by atoms with Gasteiger partial charge in [-0.05, 0) is 107 Å². The molecule has 0 N–H and O–H groups in total. The van der Waals surface area contributed by atoms with E-state index in [4.69, 9.17) is 9.97 Å². The number of hydrogen-bond donors (Lipinski definition) is 0. The number of rotatable bonds is 7. The molecule has 12 aromatic rings. The average molecular weight is 791 g/mol. The Kier molecular flexibility index (Phi) is 8.46. The maximum Gasteiger partial charge on any atom is 0.0893 e. The van der Waals surface area contributed by atoms with Crippen LogP contribution in [0, 0.1) is 0 Å². The van der Waals surface area contributed by atoms with Crippen LogP contribution < -0.4 is 0 Å². The maximum absolute atomic E-state index is 5.18. The lowest BCUT2D eigenvalue weighted by Crippen LogP contribution is -1.95. The molecule has 290 valence electrons. The van der Waals surface area contributed by atoms with Crippen molar-refractivity contribution in [1.82, 2.24) is 19.1 Å². The van der Waals surface area contributed by atoms with Gasteiger partial charge in [0.05, 0.1) is 44.8 Å². The minimum Gasteiger partial charge on any atom is -0.309 e. The molecule has 0 aliphatic heterocycles. The monoisotopic (exact) mass is 790 g/mol. The Bertz CT molecular complexity index is 3320. The molecule has 0 fully saturated rings. The van der Waals surface area contributed by atoms with Gasteiger partial charge in [0.25, 0.3) is 0 Å². The quantitative estimate of drug-likeness (QED) is 0.161. The molecule has 0 saturated heterocycles. The Hall–Kier alpha value is -8.34. The van der Waals surface area contributed by atoms with Crippen LogP contribution in [0.1, 0.15) is 0 Å². The lowest BCUT2D eigenvalue weighted by Gasteiger charge is -2.12. The van der Waals surface area contributed by atoms with Gasteiger partial charge < -0.3 is 9.13 Å². The van der Waals surface area contributed by atoms with Gasteiger partial charge >= 0.3 is 0 Å². The minimum absolute atomic E-state index is 0.832. The van der Waals surface area contributed by atoms with Crippen LogP contribution in [-0.4, -0.2) is 19.1 Å². The third kappa shape index (κ3) is 6.08. The Morgan fingerprint density at radius 2 is 0.516 bits per heavy atom. The Morgan fingerprint density at radius 3 is 0.903 bits per heavy atom. The molecule has 4 aromatic heterocycles. The van der Waals surface area contributed by atoms with Crippen molar-refractivity contribution in [3.05, 3.63) is 231 Å². The summed E-state index contributed by atoms with van der Waals surface area (Å²) in [7, 11) is 0. The molecule has 0 unspecified atom stereocenters. The molecule has 0 amide bonds. The van der Waals surface area contributed by atoms with Gasteiger partial charge in [0, 0.05) is 44.0 Å². The van der Waals surface area contributed by atoms with Crippen molar-refractivity contribution in [3.63, 3.8) is 0 Å². The van der Waals surface area contributed by atoms with Gasteiger partial charge in [0.2, 0.25) is 0 Å². The summed E-state index contributed by atoms with van der Waals surface area (Å²) in [6, 6.07) is 82.0. The molecule has 62 heavy (non-hydrogen) atoms. The third-order valence-corrected chi connectivity index (χ3v) is 12.1. The fraction of sp³-hybridized carbons (Fsp3) is 0. The molecule has 8 aromatic carbocycles. The zero-order chi connectivity index (χ0) is 41.0. The summed E-state index contributed by atoms with van der Waals surface area (Å²) >= 11 is 0. The van der Waals surface area contributed by atoms with Crippen LogP contribution >= 0.6 is 0 Å². The smallest absolute Gasteiger partial charge is 0.0893 e. The lowest BCUT2D eigenvalue weighted by atomic mass is 10.0. The number of benzene rings is 8. The normalized spacial score (nSPS) is 11.5. The predicted molar refractivity (Wildman–Crippen MR) is 258 cm³/mol. The summed E-state index contributed by atoms with van der Waals surface area (Å²) in [5.41, 5.74) is 17.2. The Labute approximate surface area is 359 Å². The number of hydrogen-bond acceptors (Lipinski definition) is 2. The summed E-state index contributed by atoms with van der Waals surface area (Å²) in [5, 5.41) is 5.03. The van der Waals surface area contributed by atoms with E-state index in [9.17, 15) is 0 Å². The van der Waals surface area contributed by atoms with E-state index in [2.05, 4.69) is 228 Å². The highest BCUT2D eigenvalue weighted by Crippen LogP contribution is 2.36. The number of pyridine rings is 2. The van der Waals surface area contributed by atoms with Gasteiger partial charge in [-0.3, -0.25) is 0 Å². The van der Waals surface area contributed by atoms with Crippen molar-refractivity contribution >= 4 is 43.6 Å². The molecule has 0 radical (unpaired) electrons. The second-order valence-corrected chi connectivity index (χ2v) is 15.8. The second-order valence-electron chi connectivity index (χ2n) is 15.8. The van der Waals surface area contributed by atoms with Crippen LogP contribution in [-0.2, 0) is 0 Å². The van der Waals surface area contributed by atoms with Crippen LogP contribution in [0.2, 0.25) is 0 Å². The molecule has 12 rings (SSSR count). The van der Waals surface area contributed by atoms with Crippen LogP contribution in [0.25, 0.3) is 111 Å².